The molecule has 5 nitrogen and oxygen atoms in total. The molecule has 3 aromatic carbocycles. The molecule has 0 bridgehead atoms. The van der Waals surface area contributed by atoms with Crippen LogP contribution in [0.2, 0.25) is 0 Å². The van der Waals surface area contributed by atoms with E-state index in [1.54, 1.807) is 0 Å². The maximum atomic E-state index is 13.1. The van der Waals surface area contributed by atoms with Crippen LogP contribution in [0.3, 0.4) is 0 Å². The molecule has 0 radical (unpaired) electrons. The van der Waals surface area contributed by atoms with E-state index in [4.69, 9.17) is 0 Å². The molecule has 0 aliphatic heterocycles. The monoisotopic (exact) mass is 397 g/mol. The van der Waals surface area contributed by atoms with Crippen molar-refractivity contribution in [2.24, 2.45) is 0 Å². The first-order valence-corrected chi connectivity index (χ1v) is 9.97. The molecule has 5 heteroatoms. The molecule has 0 atom stereocenters. The van der Waals surface area contributed by atoms with Crippen LogP contribution < -0.4 is 10.6 Å². The summed E-state index contributed by atoms with van der Waals surface area (Å²) in [6.45, 7) is 2.39. The summed E-state index contributed by atoms with van der Waals surface area (Å²) in [7, 11) is 0. The zero-order chi connectivity index (χ0) is 20.9. The molecule has 0 spiro atoms. The summed E-state index contributed by atoms with van der Waals surface area (Å²) in [5.41, 5.74) is 4.08. The molecule has 4 aromatic rings. The van der Waals surface area contributed by atoms with Crippen molar-refractivity contribution < 1.29 is 9.59 Å². The Kier molecular flexibility index (Phi) is 5.61. The van der Waals surface area contributed by atoms with Crippen molar-refractivity contribution in [3.05, 3.63) is 96.2 Å². The summed E-state index contributed by atoms with van der Waals surface area (Å²) < 4.78 is 2.01. The number of amides is 2. The van der Waals surface area contributed by atoms with Crippen molar-refractivity contribution in [1.82, 2.24) is 4.57 Å². The number of anilines is 2. The van der Waals surface area contributed by atoms with Crippen LogP contribution in [0.4, 0.5) is 11.4 Å². The van der Waals surface area contributed by atoms with E-state index in [9.17, 15) is 9.59 Å². The van der Waals surface area contributed by atoms with Gasteiger partial charge in [-0.3, -0.25) is 9.59 Å². The van der Waals surface area contributed by atoms with E-state index in [0.717, 1.165) is 27.8 Å². The molecule has 30 heavy (non-hydrogen) atoms. The van der Waals surface area contributed by atoms with Crippen molar-refractivity contribution in [3.63, 3.8) is 0 Å². The Balaban J connectivity index is 1.74. The molecular formula is C25H23N3O2. The smallest absolute Gasteiger partial charge is 0.272 e. The minimum atomic E-state index is -0.174. The second-order valence-corrected chi connectivity index (χ2v) is 7.10. The quantitative estimate of drug-likeness (QED) is 0.464. The molecule has 1 heterocycles. The molecule has 2 N–H and O–H groups in total. The molecular weight excluding hydrogens is 374 g/mol. The number of carbonyl (C=O) groups is 2. The SMILES string of the molecule is CCC(=O)Nc1ccc2c(c1)cc(C(=O)Nc1ccccc1)n2Cc1ccccc1. The number of fused-ring (bicyclic) bond motifs is 1. The van der Waals surface area contributed by atoms with E-state index < -0.39 is 0 Å². The first-order valence-electron chi connectivity index (χ1n) is 9.97. The Hall–Kier alpha value is -3.86. The summed E-state index contributed by atoms with van der Waals surface area (Å²) in [6.07, 6.45) is 0.414. The lowest BCUT2D eigenvalue weighted by atomic mass is 10.2. The number of rotatable bonds is 6. The van der Waals surface area contributed by atoms with Crippen LogP contribution in [0, 0.1) is 0 Å². The second-order valence-electron chi connectivity index (χ2n) is 7.10. The van der Waals surface area contributed by atoms with Gasteiger partial charge in [-0.1, -0.05) is 55.5 Å². The Morgan fingerprint density at radius 1 is 0.800 bits per heavy atom. The van der Waals surface area contributed by atoms with Crippen molar-refractivity contribution in [1.29, 1.82) is 0 Å². The number of aromatic nitrogens is 1. The van der Waals surface area contributed by atoms with Crippen LogP contribution in [0.1, 0.15) is 29.4 Å². The maximum Gasteiger partial charge on any atom is 0.272 e. The van der Waals surface area contributed by atoms with Crippen molar-refractivity contribution in [3.8, 4) is 0 Å². The molecule has 0 saturated carbocycles. The lowest BCUT2D eigenvalue weighted by Crippen LogP contribution is -2.17. The van der Waals surface area contributed by atoms with E-state index in [1.807, 2.05) is 96.4 Å². The molecule has 0 fully saturated rings. The lowest BCUT2D eigenvalue weighted by molar-refractivity contribution is -0.115. The standard InChI is InChI=1S/C25H23N3O2/c1-2-24(29)26-21-13-14-22-19(15-21)16-23(25(30)27-20-11-7-4-8-12-20)28(22)17-18-9-5-3-6-10-18/h3-16H,2,17H2,1H3,(H,26,29)(H,27,30). The third kappa shape index (κ3) is 4.25. The molecule has 0 unspecified atom stereocenters. The fraction of sp³-hybridized carbons (Fsp3) is 0.120. The van der Waals surface area contributed by atoms with Gasteiger partial charge in [-0.05, 0) is 42.0 Å². The van der Waals surface area contributed by atoms with Gasteiger partial charge in [0.15, 0.2) is 0 Å². The molecule has 0 aliphatic rings. The minimum Gasteiger partial charge on any atom is -0.332 e. The fourth-order valence-corrected chi connectivity index (χ4v) is 3.44. The van der Waals surface area contributed by atoms with Crippen LogP contribution in [0.5, 0.6) is 0 Å². The van der Waals surface area contributed by atoms with Gasteiger partial charge in [-0.25, -0.2) is 0 Å². The van der Waals surface area contributed by atoms with E-state index >= 15 is 0 Å². The Morgan fingerprint density at radius 3 is 2.20 bits per heavy atom. The number of nitrogens with one attached hydrogen (secondary N) is 2. The van der Waals surface area contributed by atoms with Crippen LogP contribution in [0.25, 0.3) is 10.9 Å². The fourth-order valence-electron chi connectivity index (χ4n) is 3.44. The third-order valence-corrected chi connectivity index (χ3v) is 4.95. The molecule has 0 aliphatic carbocycles. The largest absolute Gasteiger partial charge is 0.332 e. The third-order valence-electron chi connectivity index (χ3n) is 4.95. The number of benzene rings is 3. The van der Waals surface area contributed by atoms with Crippen molar-refractivity contribution in [2.75, 3.05) is 10.6 Å². The van der Waals surface area contributed by atoms with Crippen molar-refractivity contribution >= 4 is 34.1 Å². The number of nitrogens with zero attached hydrogens (tertiary/aromatic N) is 1. The van der Waals surface area contributed by atoms with E-state index in [2.05, 4.69) is 10.6 Å². The van der Waals surface area contributed by atoms with E-state index in [-0.39, 0.29) is 11.8 Å². The molecule has 4 rings (SSSR count). The van der Waals surface area contributed by atoms with Gasteiger partial charge in [-0.2, -0.15) is 0 Å². The topological polar surface area (TPSA) is 63.1 Å². The van der Waals surface area contributed by atoms with Crippen LogP contribution in [0.15, 0.2) is 84.9 Å². The summed E-state index contributed by atoms with van der Waals surface area (Å²) in [6, 6.07) is 27.0. The van der Waals surface area contributed by atoms with Gasteiger partial charge in [0.25, 0.3) is 5.91 Å². The number of carbonyl (C=O) groups excluding carboxylic acids is 2. The number of hydrogen-bond donors (Lipinski definition) is 2. The minimum absolute atomic E-state index is 0.0416. The van der Waals surface area contributed by atoms with Gasteiger partial charge in [0.2, 0.25) is 5.91 Å². The Bertz CT molecular complexity index is 1180. The zero-order valence-corrected chi connectivity index (χ0v) is 16.8. The highest BCUT2D eigenvalue weighted by Crippen LogP contribution is 2.26. The van der Waals surface area contributed by atoms with Crippen LogP contribution >= 0.6 is 0 Å². The predicted octanol–water partition coefficient (Wildman–Crippen LogP) is 5.29. The summed E-state index contributed by atoms with van der Waals surface area (Å²) in [4.78, 5) is 24.9. The van der Waals surface area contributed by atoms with Crippen LogP contribution in [-0.2, 0) is 11.3 Å². The van der Waals surface area contributed by atoms with Crippen molar-refractivity contribution in [2.45, 2.75) is 19.9 Å². The number of hydrogen-bond acceptors (Lipinski definition) is 2. The first kappa shape index (κ1) is 19.5. The normalized spacial score (nSPS) is 10.7. The number of para-hydroxylation sites is 1. The van der Waals surface area contributed by atoms with E-state index in [1.165, 1.54) is 0 Å². The average molecular weight is 397 g/mol. The summed E-state index contributed by atoms with van der Waals surface area (Å²) >= 11 is 0. The Morgan fingerprint density at radius 2 is 1.50 bits per heavy atom. The Labute approximate surface area is 175 Å². The summed E-state index contributed by atoms with van der Waals surface area (Å²) in [5.74, 6) is -0.215. The van der Waals surface area contributed by atoms with Gasteiger partial charge >= 0.3 is 0 Å². The van der Waals surface area contributed by atoms with Gasteiger partial charge in [0, 0.05) is 35.2 Å². The molecule has 1 aromatic heterocycles. The first-order chi connectivity index (χ1) is 14.6. The van der Waals surface area contributed by atoms with Gasteiger partial charge in [0.05, 0.1) is 0 Å². The average Bonchev–Trinajstić information content (AvgIpc) is 3.13. The van der Waals surface area contributed by atoms with E-state index in [0.29, 0.717) is 18.7 Å². The highest BCUT2D eigenvalue weighted by molar-refractivity contribution is 6.07. The van der Waals surface area contributed by atoms with Gasteiger partial charge in [0.1, 0.15) is 5.69 Å². The predicted molar refractivity (Wildman–Crippen MR) is 121 cm³/mol. The summed E-state index contributed by atoms with van der Waals surface area (Å²) in [5, 5.41) is 6.76. The van der Waals surface area contributed by atoms with Gasteiger partial charge < -0.3 is 15.2 Å². The van der Waals surface area contributed by atoms with Crippen LogP contribution in [-0.4, -0.2) is 16.4 Å². The molecule has 2 amide bonds. The highest BCUT2D eigenvalue weighted by Gasteiger charge is 2.17. The highest BCUT2D eigenvalue weighted by atomic mass is 16.2. The second kappa shape index (κ2) is 8.66. The van der Waals surface area contributed by atoms with Gasteiger partial charge in [-0.15, -0.1) is 0 Å². The lowest BCUT2D eigenvalue weighted by Gasteiger charge is -2.12. The molecule has 0 saturated heterocycles. The molecule has 150 valence electrons. The maximum absolute atomic E-state index is 13.1. The zero-order valence-electron chi connectivity index (χ0n) is 16.8.